The first-order chi connectivity index (χ1) is 17.7. The zero-order chi connectivity index (χ0) is 24.8. The summed E-state index contributed by atoms with van der Waals surface area (Å²) in [6, 6.07) is 35.3. The van der Waals surface area contributed by atoms with E-state index in [2.05, 4.69) is 24.3 Å². The number of hydrogen-bond donors (Lipinski definition) is 2. The number of hydrogen-bond acceptors (Lipinski definition) is 5. The first-order valence-electron chi connectivity index (χ1n) is 12.2. The van der Waals surface area contributed by atoms with Crippen LogP contribution in [0.2, 0.25) is 0 Å². The third-order valence-electron chi connectivity index (χ3n) is 6.43. The summed E-state index contributed by atoms with van der Waals surface area (Å²) in [5.41, 5.74) is 3.76. The van der Waals surface area contributed by atoms with Gasteiger partial charge in [0, 0.05) is 0 Å². The molecular formula is C31H30O5. The molecule has 0 bridgehead atoms. The second-order valence-electron chi connectivity index (χ2n) is 9.02. The van der Waals surface area contributed by atoms with Crippen molar-refractivity contribution in [1.29, 1.82) is 0 Å². The van der Waals surface area contributed by atoms with Crippen LogP contribution < -0.4 is 0 Å². The van der Waals surface area contributed by atoms with Gasteiger partial charge in [-0.25, -0.2) is 0 Å². The molecule has 2 saturated heterocycles. The van der Waals surface area contributed by atoms with Gasteiger partial charge in [-0.1, -0.05) is 84.9 Å². The van der Waals surface area contributed by atoms with Crippen molar-refractivity contribution in [3.05, 3.63) is 131 Å². The summed E-state index contributed by atoms with van der Waals surface area (Å²) in [6.07, 6.45) is 0.785. The topological polar surface area (TPSA) is 74.8 Å². The van der Waals surface area contributed by atoms with Gasteiger partial charge >= 0.3 is 0 Å². The lowest BCUT2D eigenvalue weighted by Gasteiger charge is -2.36. The predicted octanol–water partition coefficient (Wildman–Crippen LogP) is 5.28. The molecule has 6 rings (SSSR count). The highest BCUT2D eigenvalue weighted by Crippen LogP contribution is 2.45. The fraction of sp³-hybridized carbons (Fsp3) is 0.226. The maximum absolute atomic E-state index is 9.84. The van der Waals surface area contributed by atoms with Gasteiger partial charge in [-0.3, -0.25) is 0 Å². The fourth-order valence-corrected chi connectivity index (χ4v) is 4.46. The van der Waals surface area contributed by atoms with Crippen molar-refractivity contribution in [1.82, 2.24) is 0 Å². The highest BCUT2D eigenvalue weighted by Gasteiger charge is 2.38. The van der Waals surface area contributed by atoms with E-state index in [4.69, 9.17) is 14.2 Å². The number of ether oxygens (including phenoxy) is 3. The van der Waals surface area contributed by atoms with E-state index >= 15 is 0 Å². The molecular weight excluding hydrogens is 452 g/mol. The van der Waals surface area contributed by atoms with Gasteiger partial charge in [0.1, 0.15) is 23.7 Å². The Hall–Kier alpha value is -3.64. The van der Waals surface area contributed by atoms with Crippen LogP contribution in [0, 0.1) is 0 Å². The Kier molecular flexibility index (Phi) is 7.33. The molecule has 2 aliphatic heterocycles. The summed E-state index contributed by atoms with van der Waals surface area (Å²) in [5, 5.41) is 19.7. The number of phenolic OH excluding ortho intramolecular Hbond substituents is 2. The molecule has 0 amide bonds. The van der Waals surface area contributed by atoms with Crippen LogP contribution in [-0.4, -0.2) is 48.8 Å². The molecule has 2 heterocycles. The van der Waals surface area contributed by atoms with E-state index in [1.165, 1.54) is 0 Å². The minimum atomic E-state index is -0.566. The lowest BCUT2D eigenvalue weighted by Crippen LogP contribution is -2.30. The third-order valence-corrected chi connectivity index (χ3v) is 6.43. The molecule has 4 aromatic carbocycles. The minimum Gasteiger partial charge on any atom is -0.508 e. The summed E-state index contributed by atoms with van der Waals surface area (Å²) < 4.78 is 15.1. The molecule has 4 aromatic rings. The van der Waals surface area contributed by atoms with Gasteiger partial charge in [0.05, 0.1) is 31.8 Å². The highest BCUT2D eigenvalue weighted by molar-refractivity contribution is 5.60. The molecule has 0 aliphatic carbocycles. The molecule has 2 atom stereocenters. The van der Waals surface area contributed by atoms with Crippen molar-refractivity contribution in [3.8, 4) is 11.5 Å². The van der Waals surface area contributed by atoms with Gasteiger partial charge in [-0.15, -0.1) is 0 Å². The quantitative estimate of drug-likeness (QED) is 0.264. The van der Waals surface area contributed by atoms with E-state index in [0.717, 1.165) is 48.7 Å². The summed E-state index contributed by atoms with van der Waals surface area (Å²) in [5.74, 6) is 0.471. The summed E-state index contributed by atoms with van der Waals surface area (Å²) >= 11 is 0. The van der Waals surface area contributed by atoms with Gasteiger partial charge in [0.25, 0.3) is 0 Å². The van der Waals surface area contributed by atoms with E-state index in [0.29, 0.717) is 12.2 Å². The maximum Gasteiger partial charge on any atom is 0.115 e. The highest BCUT2D eigenvalue weighted by atomic mass is 16.6. The standard InChI is InChI=1S/C25H20O2.C6H10O3/c26-23-15-11-21(12-16-23)25(19-7-3-1-4-8-19,20-9-5-2-6-10-20)22-13-17-24(27)18-14-22;1(5-3-8-5)7-2-6-4-9-6/h1-18,26-27H;5-6H,1-4H2. The second-order valence-corrected chi connectivity index (χ2v) is 9.02. The molecule has 0 spiro atoms. The van der Waals surface area contributed by atoms with Crippen LogP contribution in [0.15, 0.2) is 109 Å². The molecule has 2 aliphatic rings. The molecule has 5 heteroatoms. The van der Waals surface area contributed by atoms with Crippen LogP contribution >= 0.6 is 0 Å². The lowest BCUT2D eigenvalue weighted by atomic mass is 9.65. The molecule has 36 heavy (non-hydrogen) atoms. The lowest BCUT2D eigenvalue weighted by molar-refractivity contribution is 0.102. The Morgan fingerprint density at radius 1 is 0.556 bits per heavy atom. The van der Waals surface area contributed by atoms with Crippen LogP contribution in [0.25, 0.3) is 0 Å². The molecule has 0 radical (unpaired) electrons. The Morgan fingerprint density at radius 2 is 0.889 bits per heavy atom. The maximum atomic E-state index is 9.84. The smallest absolute Gasteiger partial charge is 0.115 e. The third kappa shape index (κ3) is 5.60. The Labute approximate surface area is 211 Å². The summed E-state index contributed by atoms with van der Waals surface area (Å²) in [7, 11) is 0. The van der Waals surface area contributed by atoms with Crippen LogP contribution in [0.4, 0.5) is 0 Å². The summed E-state index contributed by atoms with van der Waals surface area (Å²) in [4.78, 5) is 0. The average molecular weight is 483 g/mol. The number of benzene rings is 4. The molecule has 0 aromatic heterocycles. The minimum absolute atomic E-state index is 0.236. The number of aromatic hydroxyl groups is 2. The largest absolute Gasteiger partial charge is 0.508 e. The van der Waals surface area contributed by atoms with E-state index in [9.17, 15) is 10.2 Å². The number of rotatable bonds is 8. The predicted molar refractivity (Wildman–Crippen MR) is 138 cm³/mol. The number of phenols is 2. The zero-order valence-electron chi connectivity index (χ0n) is 20.0. The average Bonchev–Trinajstić information content (AvgIpc) is 3.85. The monoisotopic (exact) mass is 482 g/mol. The normalized spacial score (nSPS) is 18.1. The van der Waals surface area contributed by atoms with Crippen molar-refractivity contribution < 1.29 is 24.4 Å². The van der Waals surface area contributed by atoms with E-state index in [1.54, 1.807) is 24.3 Å². The van der Waals surface area contributed by atoms with Gasteiger partial charge in [-0.2, -0.15) is 0 Å². The molecule has 2 N–H and O–H groups in total. The molecule has 2 fully saturated rings. The molecule has 2 unspecified atom stereocenters. The van der Waals surface area contributed by atoms with E-state index in [-0.39, 0.29) is 11.5 Å². The van der Waals surface area contributed by atoms with E-state index in [1.807, 2.05) is 60.7 Å². The number of epoxide rings is 2. The fourth-order valence-electron chi connectivity index (χ4n) is 4.46. The van der Waals surface area contributed by atoms with Crippen LogP contribution in [0.1, 0.15) is 22.3 Å². The van der Waals surface area contributed by atoms with Crippen molar-refractivity contribution in [3.63, 3.8) is 0 Å². The van der Waals surface area contributed by atoms with Crippen molar-refractivity contribution in [2.75, 3.05) is 26.4 Å². The molecule has 5 nitrogen and oxygen atoms in total. The first kappa shape index (κ1) is 24.1. The van der Waals surface area contributed by atoms with Crippen LogP contribution in [0.3, 0.4) is 0 Å². The van der Waals surface area contributed by atoms with Crippen molar-refractivity contribution in [2.45, 2.75) is 17.6 Å². The Balaban J connectivity index is 0.000000247. The van der Waals surface area contributed by atoms with Crippen LogP contribution in [0.5, 0.6) is 11.5 Å². The van der Waals surface area contributed by atoms with Crippen molar-refractivity contribution >= 4 is 0 Å². The van der Waals surface area contributed by atoms with Gasteiger partial charge in [0.2, 0.25) is 0 Å². The SMILES string of the molecule is C(OCC1CO1)C1CO1.Oc1ccc(C(c2ccccc2)(c2ccccc2)c2ccc(O)cc2)cc1. The van der Waals surface area contributed by atoms with Crippen LogP contribution in [-0.2, 0) is 19.6 Å². The Morgan fingerprint density at radius 3 is 1.22 bits per heavy atom. The van der Waals surface area contributed by atoms with Gasteiger partial charge < -0.3 is 24.4 Å². The second kappa shape index (κ2) is 11.0. The first-order valence-corrected chi connectivity index (χ1v) is 12.2. The Bertz CT molecular complexity index is 1120. The zero-order valence-corrected chi connectivity index (χ0v) is 20.0. The summed E-state index contributed by atoms with van der Waals surface area (Å²) in [6.45, 7) is 3.26. The van der Waals surface area contributed by atoms with Gasteiger partial charge in [-0.05, 0) is 46.5 Å². The van der Waals surface area contributed by atoms with Crippen molar-refractivity contribution in [2.24, 2.45) is 0 Å². The van der Waals surface area contributed by atoms with Gasteiger partial charge in [0.15, 0.2) is 0 Å². The van der Waals surface area contributed by atoms with E-state index < -0.39 is 5.41 Å². The molecule has 0 saturated carbocycles. The molecule has 184 valence electrons.